The lowest BCUT2D eigenvalue weighted by molar-refractivity contribution is -0.615. The van der Waals surface area contributed by atoms with Crippen molar-refractivity contribution in [2.24, 2.45) is 7.05 Å². The number of nitrogens with zero attached hydrogens (tertiary/aromatic N) is 9. The number of aromatic nitrogens is 9. The van der Waals surface area contributed by atoms with Gasteiger partial charge in [-0.25, -0.2) is 4.39 Å². The fourth-order valence-electron chi connectivity index (χ4n) is 4.34. The molecule has 40 heavy (non-hydrogen) atoms. The minimum absolute atomic E-state index is 0.0162. The van der Waals surface area contributed by atoms with Gasteiger partial charge in [0.05, 0.1) is 33.7 Å². The van der Waals surface area contributed by atoms with Crippen LogP contribution in [0.4, 0.5) is 17.6 Å². The fraction of sp³-hybridized carbons (Fsp3) is 0.250. The molecule has 1 atom stereocenters. The summed E-state index contributed by atoms with van der Waals surface area (Å²) in [5.41, 5.74) is 0.267. The fourth-order valence-corrected chi connectivity index (χ4v) is 4.50. The Morgan fingerprint density at radius 3 is 2.62 bits per heavy atom. The van der Waals surface area contributed by atoms with E-state index < -0.39 is 23.7 Å². The second-order valence-electron chi connectivity index (χ2n) is 8.72. The smallest absolute Gasteiger partial charge is 0.435 e. The summed E-state index contributed by atoms with van der Waals surface area (Å²) in [5, 5.41) is 32.0. The molecular formula is C24H20ClF4N9O2. The largest absolute Gasteiger partial charge is 0.618 e. The van der Waals surface area contributed by atoms with Gasteiger partial charge in [0.25, 0.3) is 0 Å². The molecule has 0 amide bonds. The minimum atomic E-state index is -4.60. The molecule has 1 aromatic carbocycles. The van der Waals surface area contributed by atoms with Crippen LogP contribution in [0.25, 0.3) is 28.1 Å². The average molecular weight is 578 g/mol. The number of hydrogen-bond donors (Lipinski definition) is 0. The molecule has 208 valence electrons. The van der Waals surface area contributed by atoms with E-state index in [0.717, 1.165) is 10.7 Å². The number of ether oxygens (including phenoxy) is 1. The quantitative estimate of drug-likeness (QED) is 0.155. The van der Waals surface area contributed by atoms with Crippen molar-refractivity contribution in [3.8, 4) is 28.1 Å². The Morgan fingerprint density at radius 2 is 1.98 bits per heavy atom. The van der Waals surface area contributed by atoms with Crippen LogP contribution >= 0.6 is 11.6 Å². The molecule has 0 bridgehead atoms. The van der Waals surface area contributed by atoms with Crippen LogP contribution in [0.5, 0.6) is 0 Å². The molecule has 11 nitrogen and oxygen atoms in total. The van der Waals surface area contributed by atoms with E-state index in [9.17, 15) is 18.4 Å². The monoisotopic (exact) mass is 577 g/mol. The molecule has 0 spiro atoms. The van der Waals surface area contributed by atoms with E-state index >= 15 is 4.39 Å². The lowest BCUT2D eigenvalue weighted by atomic mass is 10.0. The van der Waals surface area contributed by atoms with Crippen LogP contribution in [-0.4, -0.2) is 53.5 Å². The summed E-state index contributed by atoms with van der Waals surface area (Å²) >= 11 is 6.03. The van der Waals surface area contributed by atoms with E-state index in [4.69, 9.17) is 16.3 Å². The third kappa shape index (κ3) is 5.12. The van der Waals surface area contributed by atoms with Crippen molar-refractivity contribution < 1.29 is 27.0 Å². The Bertz CT molecular complexity index is 1650. The van der Waals surface area contributed by atoms with Crippen molar-refractivity contribution in [2.45, 2.75) is 18.6 Å². The maximum atomic E-state index is 15.2. The Morgan fingerprint density at radius 1 is 1.18 bits per heavy atom. The van der Waals surface area contributed by atoms with Gasteiger partial charge in [-0.15, -0.1) is 5.10 Å². The molecule has 16 heteroatoms. The third-order valence-electron chi connectivity index (χ3n) is 6.23. The average Bonchev–Trinajstić information content (AvgIpc) is 3.67. The van der Waals surface area contributed by atoms with Gasteiger partial charge in [-0.2, -0.15) is 32.8 Å². The molecule has 4 heterocycles. The Labute approximate surface area is 228 Å². The first-order valence-electron chi connectivity index (χ1n) is 11.7. The Balaban J connectivity index is 1.54. The highest BCUT2D eigenvalue weighted by atomic mass is 35.5. The second-order valence-corrected chi connectivity index (χ2v) is 9.13. The van der Waals surface area contributed by atoms with Gasteiger partial charge in [0.1, 0.15) is 12.4 Å². The number of benzene rings is 1. The van der Waals surface area contributed by atoms with Gasteiger partial charge in [-0.05, 0) is 34.7 Å². The number of alkyl halides is 3. The number of hydrogen-bond acceptors (Lipinski definition) is 7. The van der Waals surface area contributed by atoms with E-state index in [2.05, 4.69) is 25.7 Å². The predicted molar refractivity (Wildman–Crippen MR) is 133 cm³/mol. The summed E-state index contributed by atoms with van der Waals surface area (Å²) in [6.07, 6.45) is 1.09. The number of aryl methyl sites for hydroxylation is 1. The highest BCUT2D eigenvalue weighted by molar-refractivity contribution is 6.31. The van der Waals surface area contributed by atoms with Gasteiger partial charge in [-0.3, -0.25) is 9.36 Å². The molecule has 0 aliphatic rings. The highest BCUT2D eigenvalue weighted by Crippen LogP contribution is 2.34. The van der Waals surface area contributed by atoms with Crippen molar-refractivity contribution in [3.05, 3.63) is 82.7 Å². The zero-order valence-corrected chi connectivity index (χ0v) is 21.7. The van der Waals surface area contributed by atoms with Crippen LogP contribution < -0.4 is 4.73 Å². The second kappa shape index (κ2) is 10.7. The first-order chi connectivity index (χ1) is 19.1. The molecule has 5 rings (SSSR count). The van der Waals surface area contributed by atoms with Gasteiger partial charge in [0.2, 0.25) is 5.69 Å². The molecule has 0 aliphatic heterocycles. The lowest BCUT2D eigenvalue weighted by Crippen LogP contribution is -2.36. The van der Waals surface area contributed by atoms with Crippen LogP contribution in [0.15, 0.2) is 55.2 Å². The first-order valence-corrected chi connectivity index (χ1v) is 12.1. The molecule has 0 N–H and O–H groups in total. The van der Waals surface area contributed by atoms with E-state index in [1.165, 1.54) is 66.6 Å². The molecule has 0 fully saturated rings. The van der Waals surface area contributed by atoms with Crippen LogP contribution in [0, 0.1) is 11.0 Å². The molecule has 0 saturated carbocycles. The minimum Gasteiger partial charge on any atom is -0.618 e. The van der Waals surface area contributed by atoms with Crippen molar-refractivity contribution in [1.82, 2.24) is 39.8 Å². The topological polar surface area (TPSA) is 115 Å². The summed E-state index contributed by atoms with van der Waals surface area (Å²) in [5.74, 6) is -0.760. The lowest BCUT2D eigenvalue weighted by Gasteiger charge is -2.18. The van der Waals surface area contributed by atoms with E-state index in [0.29, 0.717) is 16.7 Å². The zero-order valence-electron chi connectivity index (χ0n) is 20.9. The Hall–Kier alpha value is -4.37. The van der Waals surface area contributed by atoms with Crippen molar-refractivity contribution in [2.75, 3.05) is 13.7 Å². The van der Waals surface area contributed by atoms with Gasteiger partial charge in [0, 0.05) is 45.0 Å². The maximum Gasteiger partial charge on any atom is 0.435 e. The first kappa shape index (κ1) is 27.2. The molecule has 4 aromatic heterocycles. The highest BCUT2D eigenvalue weighted by Gasteiger charge is 2.35. The van der Waals surface area contributed by atoms with Gasteiger partial charge < -0.3 is 9.94 Å². The molecular weight excluding hydrogens is 558 g/mol. The van der Waals surface area contributed by atoms with Crippen LogP contribution in [0.1, 0.15) is 23.9 Å². The molecule has 0 saturated heterocycles. The third-order valence-corrected chi connectivity index (χ3v) is 6.52. The molecule has 5 aromatic rings. The summed E-state index contributed by atoms with van der Waals surface area (Å²) in [6.45, 7) is 0.248. The van der Waals surface area contributed by atoms with E-state index in [-0.39, 0.29) is 39.8 Å². The zero-order chi connectivity index (χ0) is 28.6. The van der Waals surface area contributed by atoms with Crippen molar-refractivity contribution >= 4 is 11.6 Å². The summed E-state index contributed by atoms with van der Waals surface area (Å²) < 4.78 is 64.3. The summed E-state index contributed by atoms with van der Waals surface area (Å²) in [4.78, 5) is 0. The van der Waals surface area contributed by atoms with Gasteiger partial charge >= 0.3 is 6.18 Å². The van der Waals surface area contributed by atoms with Crippen LogP contribution in [-0.2, 0) is 18.0 Å². The van der Waals surface area contributed by atoms with E-state index in [1.807, 2.05) is 0 Å². The molecule has 0 radical (unpaired) electrons. The number of tetrazole rings is 1. The van der Waals surface area contributed by atoms with Gasteiger partial charge in [-0.1, -0.05) is 11.6 Å². The summed E-state index contributed by atoms with van der Waals surface area (Å²) in [6, 6.07) is 6.20. The number of methoxy groups -OCH3 is 1. The van der Waals surface area contributed by atoms with Gasteiger partial charge in [0.15, 0.2) is 17.7 Å². The number of pyridine rings is 1. The van der Waals surface area contributed by atoms with Crippen molar-refractivity contribution in [1.29, 1.82) is 0 Å². The number of halogens is 5. The van der Waals surface area contributed by atoms with Crippen LogP contribution in [0.3, 0.4) is 0 Å². The van der Waals surface area contributed by atoms with E-state index in [1.54, 1.807) is 6.07 Å². The van der Waals surface area contributed by atoms with Crippen molar-refractivity contribution in [3.63, 3.8) is 0 Å². The summed E-state index contributed by atoms with van der Waals surface area (Å²) in [7, 11) is 2.89. The predicted octanol–water partition coefficient (Wildman–Crippen LogP) is 4.00. The Kier molecular flexibility index (Phi) is 7.25. The normalized spacial score (nSPS) is 12.7. The maximum absolute atomic E-state index is 15.2. The van der Waals surface area contributed by atoms with Crippen LogP contribution in [0.2, 0.25) is 5.02 Å². The standard InChI is InChI=1S/C24H20ClF4N9O2/c1-35-20(9-21(32-35)24(27,28)29)15-10-31-36(11-15)17(7-8-40-2)18-5-3-14(12-38(18)39)22-19(37-13-30-33-34-37)6-4-16(25)23(22)26/h3-6,9-13,17H,7-8H2,1-2H3/t17-/m0/s1. The SMILES string of the molecule is COCC[C@@H](c1ccc(-c2c(-n3cnnn3)ccc(Cl)c2F)c[n+]1[O-])n1cc(-c2cc(C(F)(F)F)nn2C)cn1. The molecule has 0 aliphatic carbocycles. The molecule has 0 unspecified atom stereocenters. The number of rotatable bonds is 8.